The summed E-state index contributed by atoms with van der Waals surface area (Å²) in [5.74, 6) is 2.52. The van der Waals surface area contributed by atoms with Gasteiger partial charge in [-0.05, 0) is 44.6 Å². The van der Waals surface area contributed by atoms with E-state index in [1.807, 2.05) is 23.5 Å². The van der Waals surface area contributed by atoms with Crippen molar-refractivity contribution in [3.8, 4) is 0 Å². The van der Waals surface area contributed by atoms with Gasteiger partial charge < -0.3 is 5.32 Å². The van der Waals surface area contributed by atoms with Gasteiger partial charge in [0.05, 0.1) is 0 Å². The molecular weight excluding hydrogens is 260 g/mol. The maximum absolute atomic E-state index is 4.71. The Bertz CT molecular complexity index is 256. The molecule has 0 aromatic carbocycles. The largest absolute Gasteiger partial charge is 0.360 e. The molecule has 2 nitrogen and oxygen atoms in total. The van der Waals surface area contributed by atoms with Crippen LogP contribution in [0.5, 0.6) is 0 Å². The molecule has 1 rings (SSSR count). The Kier molecular flexibility index (Phi) is 8.23. The van der Waals surface area contributed by atoms with E-state index < -0.39 is 0 Å². The van der Waals surface area contributed by atoms with Crippen LogP contribution in [0.3, 0.4) is 0 Å². The van der Waals surface area contributed by atoms with E-state index in [4.69, 9.17) is 4.99 Å². The molecule has 0 bridgehead atoms. The first-order chi connectivity index (χ1) is 8.70. The normalized spacial score (nSPS) is 26.3. The van der Waals surface area contributed by atoms with Gasteiger partial charge >= 0.3 is 0 Å². The number of rotatable bonds is 8. The Morgan fingerprint density at radius 2 is 2.11 bits per heavy atom. The van der Waals surface area contributed by atoms with Crippen molar-refractivity contribution >= 4 is 28.7 Å². The van der Waals surface area contributed by atoms with Gasteiger partial charge in [0.1, 0.15) is 0 Å². The smallest absolute Gasteiger partial charge is 0.156 e. The Balaban J connectivity index is 2.14. The highest BCUT2D eigenvalue weighted by atomic mass is 32.2. The quantitative estimate of drug-likeness (QED) is 0.679. The van der Waals surface area contributed by atoms with Gasteiger partial charge in [0.2, 0.25) is 0 Å². The molecule has 0 amide bonds. The Morgan fingerprint density at radius 1 is 1.33 bits per heavy atom. The number of nitrogens with one attached hydrogen (secondary N) is 1. The van der Waals surface area contributed by atoms with Crippen LogP contribution in [-0.2, 0) is 0 Å². The Morgan fingerprint density at radius 3 is 2.83 bits per heavy atom. The van der Waals surface area contributed by atoms with Crippen LogP contribution >= 0.6 is 23.5 Å². The molecule has 4 heteroatoms. The van der Waals surface area contributed by atoms with Crippen molar-refractivity contribution in [3.05, 3.63) is 0 Å². The molecule has 18 heavy (non-hydrogen) atoms. The molecule has 1 aliphatic heterocycles. The van der Waals surface area contributed by atoms with E-state index in [-0.39, 0.29) is 5.54 Å². The van der Waals surface area contributed by atoms with E-state index in [0.717, 1.165) is 6.54 Å². The van der Waals surface area contributed by atoms with E-state index in [1.165, 1.54) is 55.2 Å². The van der Waals surface area contributed by atoms with Crippen LogP contribution < -0.4 is 5.32 Å². The highest BCUT2D eigenvalue weighted by Gasteiger charge is 2.27. The Labute approximate surface area is 121 Å². The molecule has 106 valence electrons. The van der Waals surface area contributed by atoms with Gasteiger partial charge in [0, 0.05) is 17.8 Å². The zero-order valence-corrected chi connectivity index (χ0v) is 13.8. The minimum absolute atomic E-state index is 0.280. The van der Waals surface area contributed by atoms with Crippen LogP contribution in [0.15, 0.2) is 4.99 Å². The lowest BCUT2D eigenvalue weighted by molar-refractivity contribution is 0.390. The summed E-state index contributed by atoms with van der Waals surface area (Å²) in [7, 11) is 0. The summed E-state index contributed by atoms with van der Waals surface area (Å²) >= 11 is 3.84. The summed E-state index contributed by atoms with van der Waals surface area (Å²) in [5.41, 5.74) is 0.280. The minimum Gasteiger partial charge on any atom is -0.360 e. The summed E-state index contributed by atoms with van der Waals surface area (Å²) in [6.45, 7) is 5.56. The summed E-state index contributed by atoms with van der Waals surface area (Å²) in [5, 5.41) is 4.78. The average Bonchev–Trinajstić information content (AvgIpc) is 2.38. The standard InChI is InChI=1S/C14H28N2S2/c1-4-14(2)9-12-18-13(16-14)15-10-7-5-6-8-11-17-3/h4-12H2,1-3H3,(H,15,16). The van der Waals surface area contributed by atoms with Gasteiger partial charge in [0.15, 0.2) is 5.17 Å². The molecule has 1 aliphatic rings. The van der Waals surface area contributed by atoms with Crippen LogP contribution in [-0.4, -0.2) is 35.0 Å². The summed E-state index contributed by atoms with van der Waals surface area (Å²) < 4.78 is 0. The molecule has 1 unspecified atom stereocenters. The van der Waals surface area contributed by atoms with E-state index in [2.05, 4.69) is 25.4 Å². The zero-order chi connectivity index (χ0) is 13.3. The van der Waals surface area contributed by atoms with Crippen molar-refractivity contribution in [3.63, 3.8) is 0 Å². The lowest BCUT2D eigenvalue weighted by Crippen LogP contribution is -2.48. The van der Waals surface area contributed by atoms with Crippen LogP contribution in [0.4, 0.5) is 0 Å². The van der Waals surface area contributed by atoms with Crippen LogP contribution in [0.2, 0.25) is 0 Å². The maximum Gasteiger partial charge on any atom is 0.156 e. The molecule has 0 aromatic heterocycles. The molecule has 1 heterocycles. The molecule has 0 aromatic rings. The lowest BCUT2D eigenvalue weighted by Gasteiger charge is -2.35. The lowest BCUT2D eigenvalue weighted by atomic mass is 9.96. The molecule has 1 fully saturated rings. The molecule has 1 atom stereocenters. The third kappa shape index (κ3) is 6.37. The predicted octanol–water partition coefficient (Wildman–Crippen LogP) is 4.16. The Hall–Kier alpha value is 0.170. The number of unbranched alkanes of at least 4 members (excludes halogenated alkanes) is 3. The van der Waals surface area contributed by atoms with Crippen LogP contribution in [0, 0.1) is 0 Å². The van der Waals surface area contributed by atoms with Crippen molar-refractivity contribution in [1.82, 2.24) is 5.32 Å². The number of hydrogen-bond donors (Lipinski definition) is 1. The van der Waals surface area contributed by atoms with Gasteiger partial charge in [-0.3, -0.25) is 4.99 Å². The molecule has 1 N–H and O–H groups in total. The molecule has 0 radical (unpaired) electrons. The first kappa shape index (κ1) is 16.2. The average molecular weight is 289 g/mol. The third-order valence-electron chi connectivity index (χ3n) is 3.59. The number of amidine groups is 1. The van der Waals surface area contributed by atoms with Gasteiger partial charge in [0.25, 0.3) is 0 Å². The van der Waals surface area contributed by atoms with Crippen LogP contribution in [0.25, 0.3) is 0 Å². The summed E-state index contributed by atoms with van der Waals surface area (Å²) in [6.07, 6.45) is 9.90. The maximum atomic E-state index is 4.71. The number of aliphatic imine (C=N–C) groups is 1. The second-order valence-corrected chi connectivity index (χ2v) is 7.30. The fourth-order valence-electron chi connectivity index (χ4n) is 1.97. The van der Waals surface area contributed by atoms with Crippen molar-refractivity contribution in [2.24, 2.45) is 4.99 Å². The fraction of sp³-hybridized carbons (Fsp3) is 0.929. The molecular formula is C14H28N2S2. The predicted molar refractivity (Wildman–Crippen MR) is 88.1 cm³/mol. The van der Waals surface area contributed by atoms with Crippen molar-refractivity contribution in [2.45, 2.75) is 57.9 Å². The highest BCUT2D eigenvalue weighted by molar-refractivity contribution is 8.13. The molecule has 0 saturated carbocycles. The van der Waals surface area contributed by atoms with E-state index in [1.54, 1.807) is 0 Å². The minimum atomic E-state index is 0.280. The first-order valence-electron chi connectivity index (χ1n) is 7.14. The molecule has 1 saturated heterocycles. The zero-order valence-electron chi connectivity index (χ0n) is 12.1. The topological polar surface area (TPSA) is 24.4 Å². The van der Waals surface area contributed by atoms with E-state index >= 15 is 0 Å². The monoisotopic (exact) mass is 288 g/mol. The van der Waals surface area contributed by atoms with Crippen molar-refractivity contribution in [1.29, 1.82) is 0 Å². The number of hydrogen-bond acceptors (Lipinski definition) is 3. The number of thioether (sulfide) groups is 2. The van der Waals surface area contributed by atoms with Crippen LogP contribution in [0.1, 0.15) is 52.4 Å². The number of nitrogens with zero attached hydrogens (tertiary/aromatic N) is 1. The third-order valence-corrected chi connectivity index (χ3v) is 5.20. The molecule has 0 aliphatic carbocycles. The second kappa shape index (κ2) is 9.13. The summed E-state index contributed by atoms with van der Waals surface area (Å²) in [6, 6.07) is 0. The van der Waals surface area contributed by atoms with E-state index in [0.29, 0.717) is 0 Å². The highest BCUT2D eigenvalue weighted by Crippen LogP contribution is 2.24. The second-order valence-electron chi connectivity index (χ2n) is 5.23. The SMILES string of the molecule is CCC1(C)CCSC(=NCCCCCCSC)N1. The van der Waals surface area contributed by atoms with Gasteiger partial charge in [-0.25, -0.2) is 0 Å². The first-order valence-corrected chi connectivity index (χ1v) is 9.52. The van der Waals surface area contributed by atoms with Crippen molar-refractivity contribution < 1.29 is 0 Å². The van der Waals surface area contributed by atoms with Gasteiger partial charge in [-0.15, -0.1) is 0 Å². The van der Waals surface area contributed by atoms with Gasteiger partial charge in [-0.2, -0.15) is 11.8 Å². The van der Waals surface area contributed by atoms with Crippen molar-refractivity contribution in [2.75, 3.05) is 24.3 Å². The molecule has 0 spiro atoms. The fourth-order valence-corrected chi connectivity index (χ4v) is 3.71. The van der Waals surface area contributed by atoms with Gasteiger partial charge in [-0.1, -0.05) is 31.5 Å². The summed E-state index contributed by atoms with van der Waals surface area (Å²) in [4.78, 5) is 4.71. The van der Waals surface area contributed by atoms with E-state index in [9.17, 15) is 0 Å².